The van der Waals surface area contributed by atoms with Crippen LogP contribution >= 0.6 is 11.3 Å². The fourth-order valence-corrected chi connectivity index (χ4v) is 6.60. The maximum atomic E-state index is 13.3. The van der Waals surface area contributed by atoms with Crippen molar-refractivity contribution >= 4 is 23.2 Å². The van der Waals surface area contributed by atoms with E-state index in [1.807, 2.05) is 18.5 Å². The molecule has 0 bridgehead atoms. The normalized spacial score (nSPS) is 25.7. The van der Waals surface area contributed by atoms with Gasteiger partial charge in [0.1, 0.15) is 0 Å². The van der Waals surface area contributed by atoms with Gasteiger partial charge in [-0.2, -0.15) is 0 Å². The largest absolute Gasteiger partial charge is 0.341 e. The van der Waals surface area contributed by atoms with Gasteiger partial charge in [0.15, 0.2) is 0 Å². The summed E-state index contributed by atoms with van der Waals surface area (Å²) in [4.78, 5) is 27.9. The first kappa shape index (κ1) is 19.0. The number of hydrogen-bond donors (Lipinski definition) is 0. The number of piperidine rings is 2. The van der Waals surface area contributed by atoms with Gasteiger partial charge >= 0.3 is 0 Å². The number of anilines is 1. The molecular weight excluding hydrogens is 380 g/mol. The van der Waals surface area contributed by atoms with E-state index in [2.05, 4.69) is 31.2 Å². The number of carbonyl (C=O) groups excluding carboxylic acids is 1. The molecule has 2 saturated heterocycles. The lowest BCUT2D eigenvalue weighted by Gasteiger charge is -2.44. The predicted molar refractivity (Wildman–Crippen MR) is 117 cm³/mol. The Labute approximate surface area is 177 Å². The van der Waals surface area contributed by atoms with Crippen molar-refractivity contribution in [1.29, 1.82) is 0 Å². The summed E-state index contributed by atoms with van der Waals surface area (Å²) < 4.78 is 0. The van der Waals surface area contributed by atoms with Gasteiger partial charge in [-0.1, -0.05) is 12.8 Å². The highest BCUT2D eigenvalue weighted by Crippen LogP contribution is 2.37. The van der Waals surface area contributed by atoms with Gasteiger partial charge in [-0.05, 0) is 62.5 Å². The molecule has 0 N–H and O–H groups in total. The van der Waals surface area contributed by atoms with Crippen LogP contribution in [0.15, 0.2) is 29.9 Å². The molecule has 4 heterocycles. The first-order valence-corrected chi connectivity index (χ1v) is 12.1. The molecule has 1 saturated carbocycles. The summed E-state index contributed by atoms with van der Waals surface area (Å²) in [7, 11) is 0. The number of aromatic nitrogens is 2. The van der Waals surface area contributed by atoms with E-state index in [0.29, 0.717) is 12.0 Å². The van der Waals surface area contributed by atoms with Crippen molar-refractivity contribution in [3.63, 3.8) is 0 Å². The van der Waals surface area contributed by atoms with Gasteiger partial charge in [0, 0.05) is 48.3 Å². The van der Waals surface area contributed by atoms with Gasteiger partial charge in [-0.15, -0.1) is 11.3 Å². The molecule has 2 aromatic heterocycles. The van der Waals surface area contributed by atoms with Crippen molar-refractivity contribution in [3.8, 4) is 0 Å². The molecule has 1 aliphatic carbocycles. The quantitative estimate of drug-likeness (QED) is 0.735. The summed E-state index contributed by atoms with van der Waals surface area (Å²) in [5, 5.41) is 2.11. The zero-order valence-corrected chi connectivity index (χ0v) is 17.8. The van der Waals surface area contributed by atoms with Gasteiger partial charge in [0.2, 0.25) is 5.95 Å². The molecular formula is C23H30N4OS. The predicted octanol–water partition coefficient (Wildman–Crippen LogP) is 4.72. The lowest BCUT2D eigenvalue weighted by Crippen LogP contribution is -2.49. The summed E-state index contributed by atoms with van der Waals surface area (Å²) in [5.41, 5.74) is 0.921. The third-order valence-corrected chi connectivity index (χ3v) is 8.20. The molecule has 3 fully saturated rings. The summed E-state index contributed by atoms with van der Waals surface area (Å²) >= 11 is 1.78. The second-order valence-electron chi connectivity index (χ2n) is 8.80. The van der Waals surface area contributed by atoms with E-state index < -0.39 is 0 Å². The lowest BCUT2D eigenvalue weighted by molar-refractivity contribution is 0.0391. The summed E-state index contributed by atoms with van der Waals surface area (Å²) in [5.74, 6) is 2.40. The Morgan fingerprint density at radius 2 is 1.72 bits per heavy atom. The van der Waals surface area contributed by atoms with Crippen molar-refractivity contribution in [3.05, 3.63) is 40.3 Å². The zero-order valence-electron chi connectivity index (χ0n) is 17.0. The highest BCUT2D eigenvalue weighted by Gasteiger charge is 2.36. The Kier molecular flexibility index (Phi) is 5.53. The first-order chi connectivity index (χ1) is 14.3. The van der Waals surface area contributed by atoms with E-state index in [9.17, 15) is 4.79 Å². The second kappa shape index (κ2) is 8.42. The number of thiophene rings is 1. The second-order valence-corrected chi connectivity index (χ2v) is 9.74. The van der Waals surface area contributed by atoms with Crippen molar-refractivity contribution in [2.24, 2.45) is 5.92 Å². The molecule has 6 heteroatoms. The third-order valence-electron chi connectivity index (χ3n) is 7.10. The Morgan fingerprint density at radius 1 is 0.966 bits per heavy atom. The number of hydrogen-bond acceptors (Lipinski definition) is 5. The molecule has 2 atom stereocenters. The Morgan fingerprint density at radius 3 is 2.55 bits per heavy atom. The molecule has 0 aromatic carbocycles. The van der Waals surface area contributed by atoms with Crippen LogP contribution in [0, 0.1) is 5.92 Å². The molecule has 1 amide bonds. The van der Waals surface area contributed by atoms with Crippen LogP contribution in [0.3, 0.4) is 0 Å². The summed E-state index contributed by atoms with van der Waals surface area (Å²) in [6.07, 6.45) is 13.4. The maximum Gasteiger partial charge on any atom is 0.254 e. The van der Waals surface area contributed by atoms with Crippen molar-refractivity contribution < 1.29 is 4.79 Å². The highest BCUT2D eigenvalue weighted by molar-refractivity contribution is 7.10. The molecule has 5 rings (SSSR count). The number of amides is 1. The van der Waals surface area contributed by atoms with Crippen LogP contribution in [0.5, 0.6) is 0 Å². The number of rotatable bonds is 3. The van der Waals surface area contributed by atoms with Crippen LogP contribution < -0.4 is 4.90 Å². The molecule has 0 radical (unpaired) electrons. The monoisotopic (exact) mass is 410 g/mol. The van der Waals surface area contributed by atoms with Gasteiger partial charge in [0.25, 0.3) is 5.91 Å². The minimum atomic E-state index is 0.277. The Bertz CT molecular complexity index is 828. The van der Waals surface area contributed by atoms with Crippen molar-refractivity contribution in [1.82, 2.24) is 14.9 Å². The van der Waals surface area contributed by atoms with E-state index in [4.69, 9.17) is 0 Å². The lowest BCUT2D eigenvalue weighted by atomic mass is 9.78. The van der Waals surface area contributed by atoms with Gasteiger partial charge in [-0.25, -0.2) is 9.97 Å². The zero-order chi connectivity index (χ0) is 19.6. The molecule has 154 valence electrons. The topological polar surface area (TPSA) is 49.3 Å². The molecule has 0 unspecified atom stereocenters. The van der Waals surface area contributed by atoms with Crippen LogP contribution in [0.4, 0.5) is 5.95 Å². The van der Waals surface area contributed by atoms with E-state index in [-0.39, 0.29) is 5.91 Å². The van der Waals surface area contributed by atoms with Crippen molar-refractivity contribution in [2.75, 3.05) is 24.5 Å². The minimum Gasteiger partial charge on any atom is -0.341 e. The average Bonchev–Trinajstić information content (AvgIpc) is 3.29. The SMILES string of the molecule is O=C(c1csc(C2CCN(c3ncccn3)CC2)c1)N1CCC[C@H]2CCCC[C@H]21. The van der Waals surface area contributed by atoms with Crippen LogP contribution in [0.25, 0.3) is 0 Å². The minimum absolute atomic E-state index is 0.277. The standard InChI is InChI=1S/C23H30N4OS/c28-22(27-12-3-6-17-5-1-2-7-20(17)27)19-15-21(29-16-19)18-8-13-26(14-9-18)23-24-10-4-11-25-23/h4,10-11,15-18,20H,1-3,5-9,12-14H2/t17-,20-/m1/s1. The van der Waals surface area contributed by atoms with Gasteiger partial charge < -0.3 is 9.80 Å². The average molecular weight is 411 g/mol. The fraction of sp³-hybridized carbons (Fsp3) is 0.609. The molecule has 2 aromatic rings. The third kappa shape index (κ3) is 3.91. The van der Waals surface area contributed by atoms with Crippen LogP contribution in [0.2, 0.25) is 0 Å². The first-order valence-electron chi connectivity index (χ1n) is 11.2. The number of carbonyl (C=O) groups is 1. The van der Waals surface area contributed by atoms with Gasteiger partial charge in [-0.3, -0.25) is 4.79 Å². The fourth-order valence-electron chi connectivity index (χ4n) is 5.54. The summed E-state index contributed by atoms with van der Waals surface area (Å²) in [6.45, 7) is 2.90. The van der Waals surface area contributed by atoms with Crippen molar-refractivity contribution in [2.45, 2.75) is 63.3 Å². The van der Waals surface area contributed by atoms with Crippen LogP contribution in [-0.2, 0) is 0 Å². The number of fused-ring (bicyclic) bond motifs is 1. The molecule has 2 aliphatic heterocycles. The maximum absolute atomic E-state index is 13.3. The Hall–Kier alpha value is -1.95. The van der Waals surface area contributed by atoms with E-state index in [1.165, 1.54) is 43.4 Å². The smallest absolute Gasteiger partial charge is 0.254 e. The van der Waals surface area contributed by atoms with Gasteiger partial charge in [0.05, 0.1) is 5.56 Å². The number of nitrogens with zero attached hydrogens (tertiary/aromatic N) is 4. The molecule has 29 heavy (non-hydrogen) atoms. The van der Waals surface area contributed by atoms with E-state index >= 15 is 0 Å². The van der Waals surface area contributed by atoms with E-state index in [1.54, 1.807) is 11.3 Å². The van der Waals surface area contributed by atoms with Crippen LogP contribution in [-0.4, -0.2) is 46.5 Å². The number of likely N-dealkylation sites (tertiary alicyclic amines) is 1. The molecule has 0 spiro atoms. The Balaban J connectivity index is 1.23. The highest BCUT2D eigenvalue weighted by atomic mass is 32.1. The van der Waals surface area contributed by atoms with Crippen LogP contribution in [0.1, 0.15) is 72.5 Å². The summed E-state index contributed by atoms with van der Waals surface area (Å²) in [6, 6.07) is 4.54. The molecule has 5 nitrogen and oxygen atoms in total. The van der Waals surface area contributed by atoms with E-state index in [0.717, 1.165) is 49.9 Å². The molecule has 3 aliphatic rings.